The smallest absolute Gasteiger partial charge is 0.252 e. The number of nitrogens with one attached hydrogen (secondary N) is 1. The minimum absolute atomic E-state index is 0.0677. The van der Waals surface area contributed by atoms with Gasteiger partial charge in [0.1, 0.15) is 0 Å². The first-order valence-electron chi connectivity index (χ1n) is 10.9. The van der Waals surface area contributed by atoms with E-state index in [1.807, 2.05) is 26.0 Å². The van der Waals surface area contributed by atoms with Gasteiger partial charge in [-0.2, -0.15) is 4.31 Å². The van der Waals surface area contributed by atoms with Crippen molar-refractivity contribution < 1.29 is 17.9 Å². The molecule has 0 atom stereocenters. The average Bonchev–Trinajstić information content (AvgIpc) is 3.30. The third-order valence-corrected chi connectivity index (χ3v) is 7.96. The van der Waals surface area contributed by atoms with Crippen molar-refractivity contribution in [3.05, 3.63) is 99.3 Å². The maximum absolute atomic E-state index is 13.6. The number of fused-ring (bicyclic) bond motifs is 2. The molecule has 34 heavy (non-hydrogen) atoms. The molecule has 0 saturated heterocycles. The van der Waals surface area contributed by atoms with Crippen LogP contribution in [0.4, 0.5) is 0 Å². The molecule has 3 aromatic carbocycles. The lowest BCUT2D eigenvalue weighted by Crippen LogP contribution is -2.32. The van der Waals surface area contributed by atoms with E-state index in [2.05, 4.69) is 4.98 Å². The van der Waals surface area contributed by atoms with Crippen LogP contribution in [0.25, 0.3) is 10.9 Å². The molecule has 174 valence electrons. The van der Waals surface area contributed by atoms with E-state index in [1.54, 1.807) is 54.6 Å². The van der Waals surface area contributed by atoms with Crippen LogP contribution in [0.2, 0.25) is 0 Å². The third kappa shape index (κ3) is 4.06. The SMILES string of the molecule is Cc1ccc2cc(CN(Cc3ccc4c(c3)OCO4)S(=O)(=O)c3ccccc3)c(=O)[nH]c2c1C. The number of pyridine rings is 1. The number of aryl methyl sites for hydroxylation is 2. The zero-order valence-corrected chi connectivity index (χ0v) is 19.7. The molecule has 5 rings (SSSR count). The molecule has 1 aromatic heterocycles. The average molecular weight is 477 g/mol. The van der Waals surface area contributed by atoms with Gasteiger partial charge < -0.3 is 14.5 Å². The van der Waals surface area contributed by atoms with Crippen LogP contribution in [0.5, 0.6) is 11.5 Å². The van der Waals surface area contributed by atoms with E-state index in [4.69, 9.17) is 9.47 Å². The van der Waals surface area contributed by atoms with Crippen LogP contribution >= 0.6 is 0 Å². The third-order valence-electron chi connectivity index (χ3n) is 6.15. The Balaban J connectivity index is 1.56. The summed E-state index contributed by atoms with van der Waals surface area (Å²) < 4.78 is 39.3. The number of nitrogens with zero attached hydrogens (tertiary/aromatic N) is 1. The monoisotopic (exact) mass is 476 g/mol. The Morgan fingerprint density at radius 2 is 1.68 bits per heavy atom. The van der Waals surface area contributed by atoms with Gasteiger partial charge in [-0.3, -0.25) is 4.79 Å². The van der Waals surface area contributed by atoms with E-state index in [0.717, 1.165) is 27.6 Å². The number of rotatable bonds is 6. The molecule has 0 amide bonds. The molecule has 0 radical (unpaired) electrons. The van der Waals surface area contributed by atoms with Crippen LogP contribution < -0.4 is 15.0 Å². The summed E-state index contributed by atoms with van der Waals surface area (Å²) in [5.74, 6) is 1.20. The predicted molar refractivity (Wildman–Crippen MR) is 129 cm³/mol. The fourth-order valence-electron chi connectivity index (χ4n) is 4.09. The highest BCUT2D eigenvalue weighted by molar-refractivity contribution is 7.89. The highest BCUT2D eigenvalue weighted by Crippen LogP contribution is 2.33. The first-order valence-corrected chi connectivity index (χ1v) is 12.3. The normalized spacial score (nSPS) is 13.0. The van der Waals surface area contributed by atoms with E-state index < -0.39 is 10.0 Å². The molecule has 2 heterocycles. The van der Waals surface area contributed by atoms with Gasteiger partial charge in [0.2, 0.25) is 16.8 Å². The number of benzene rings is 3. The van der Waals surface area contributed by atoms with Crippen LogP contribution in [-0.2, 0) is 23.1 Å². The molecule has 0 unspecified atom stereocenters. The Hall–Kier alpha value is -3.62. The molecule has 8 heteroatoms. The number of H-pyrrole nitrogens is 1. The minimum atomic E-state index is -3.89. The number of ether oxygens (including phenoxy) is 2. The van der Waals surface area contributed by atoms with Crippen molar-refractivity contribution >= 4 is 20.9 Å². The Bertz CT molecular complexity index is 1550. The Morgan fingerprint density at radius 3 is 2.47 bits per heavy atom. The zero-order chi connectivity index (χ0) is 23.9. The standard InChI is InChI=1S/C26H24N2O5S/c1-17-8-10-20-13-21(26(29)27-25(20)18(17)2)15-28(34(30,31)22-6-4-3-5-7-22)14-19-9-11-23-24(12-19)33-16-32-23/h3-13H,14-16H2,1-2H3,(H,27,29). The van der Waals surface area contributed by atoms with E-state index in [-0.39, 0.29) is 30.3 Å². The molecule has 1 aliphatic heterocycles. The Labute approximate surface area is 197 Å². The molecular formula is C26H24N2O5S. The van der Waals surface area contributed by atoms with Crippen molar-refractivity contribution in [3.63, 3.8) is 0 Å². The highest BCUT2D eigenvalue weighted by Gasteiger charge is 2.27. The van der Waals surface area contributed by atoms with Crippen LogP contribution in [-0.4, -0.2) is 24.5 Å². The zero-order valence-electron chi connectivity index (χ0n) is 18.9. The van der Waals surface area contributed by atoms with Gasteiger partial charge in [0, 0.05) is 18.7 Å². The van der Waals surface area contributed by atoms with Crippen molar-refractivity contribution in [1.82, 2.24) is 9.29 Å². The summed E-state index contributed by atoms with van der Waals surface area (Å²) in [6, 6.07) is 19.3. The molecule has 4 aromatic rings. The lowest BCUT2D eigenvalue weighted by Gasteiger charge is -2.22. The molecule has 1 aliphatic rings. The Morgan fingerprint density at radius 1 is 0.912 bits per heavy atom. The number of hydrogen-bond acceptors (Lipinski definition) is 5. The maximum atomic E-state index is 13.6. The van der Waals surface area contributed by atoms with E-state index in [0.29, 0.717) is 17.1 Å². The minimum Gasteiger partial charge on any atom is -0.454 e. The number of hydrogen-bond donors (Lipinski definition) is 1. The number of aromatic amines is 1. The van der Waals surface area contributed by atoms with E-state index in [1.165, 1.54) is 4.31 Å². The molecule has 0 saturated carbocycles. The fourth-order valence-corrected chi connectivity index (χ4v) is 5.52. The van der Waals surface area contributed by atoms with E-state index in [9.17, 15) is 13.2 Å². The second kappa shape index (κ2) is 8.62. The van der Waals surface area contributed by atoms with E-state index >= 15 is 0 Å². The summed E-state index contributed by atoms with van der Waals surface area (Å²) >= 11 is 0. The number of sulfonamides is 1. The van der Waals surface area contributed by atoms with Gasteiger partial charge in [-0.05, 0) is 66.3 Å². The van der Waals surface area contributed by atoms with Crippen molar-refractivity contribution in [1.29, 1.82) is 0 Å². The van der Waals surface area contributed by atoms with Gasteiger partial charge in [-0.15, -0.1) is 0 Å². The number of aromatic nitrogens is 1. The highest BCUT2D eigenvalue weighted by atomic mass is 32.2. The summed E-state index contributed by atoms with van der Waals surface area (Å²) in [5, 5.41) is 0.859. The quantitative estimate of drug-likeness (QED) is 0.449. The van der Waals surface area contributed by atoms with Crippen molar-refractivity contribution in [2.45, 2.75) is 31.8 Å². The second-order valence-corrected chi connectivity index (χ2v) is 10.3. The molecule has 0 fully saturated rings. The maximum Gasteiger partial charge on any atom is 0.252 e. The van der Waals surface area contributed by atoms with Gasteiger partial charge >= 0.3 is 0 Å². The summed E-state index contributed by atoms with van der Waals surface area (Å²) in [6.07, 6.45) is 0. The van der Waals surface area contributed by atoms with Crippen LogP contribution in [0.15, 0.2) is 76.4 Å². The molecule has 0 spiro atoms. The predicted octanol–water partition coefficient (Wildman–Crippen LogP) is 4.26. The van der Waals surface area contributed by atoms with Crippen molar-refractivity contribution in [3.8, 4) is 11.5 Å². The van der Waals surface area contributed by atoms with Crippen LogP contribution in [0, 0.1) is 13.8 Å². The first kappa shape index (κ1) is 22.2. The fraction of sp³-hybridized carbons (Fsp3) is 0.192. The van der Waals surface area contributed by atoms with Gasteiger partial charge in [0.05, 0.1) is 10.4 Å². The van der Waals surface area contributed by atoms with Gasteiger partial charge in [-0.1, -0.05) is 36.4 Å². The summed E-state index contributed by atoms with van der Waals surface area (Å²) in [5.41, 5.74) is 3.63. The lowest BCUT2D eigenvalue weighted by atomic mass is 10.0. The molecule has 0 bridgehead atoms. The van der Waals surface area contributed by atoms with Gasteiger partial charge in [0.15, 0.2) is 11.5 Å². The molecule has 1 N–H and O–H groups in total. The molecular weight excluding hydrogens is 452 g/mol. The topological polar surface area (TPSA) is 88.7 Å². The molecule has 0 aliphatic carbocycles. The summed E-state index contributed by atoms with van der Waals surface area (Å²) in [4.78, 5) is 16.1. The summed E-state index contributed by atoms with van der Waals surface area (Å²) in [7, 11) is -3.89. The van der Waals surface area contributed by atoms with Gasteiger partial charge in [-0.25, -0.2) is 8.42 Å². The summed E-state index contributed by atoms with van der Waals surface area (Å²) in [6.45, 7) is 4.07. The largest absolute Gasteiger partial charge is 0.454 e. The Kier molecular flexibility index (Phi) is 5.63. The van der Waals surface area contributed by atoms with Crippen molar-refractivity contribution in [2.75, 3.05) is 6.79 Å². The molecule has 7 nitrogen and oxygen atoms in total. The lowest BCUT2D eigenvalue weighted by molar-refractivity contribution is 0.174. The van der Waals surface area contributed by atoms with Crippen LogP contribution in [0.3, 0.4) is 0 Å². The second-order valence-electron chi connectivity index (χ2n) is 8.37. The van der Waals surface area contributed by atoms with Crippen LogP contribution in [0.1, 0.15) is 22.3 Å². The first-order chi connectivity index (χ1) is 16.3. The van der Waals surface area contributed by atoms with Gasteiger partial charge in [0.25, 0.3) is 5.56 Å². The van der Waals surface area contributed by atoms with Crippen molar-refractivity contribution in [2.24, 2.45) is 0 Å².